The Morgan fingerprint density at radius 3 is 0.778 bits per heavy atom. The van der Waals surface area contributed by atoms with E-state index in [1.54, 1.807) is 42.0 Å². The molecule has 4 aromatic rings. The van der Waals surface area contributed by atoms with E-state index in [1.807, 2.05) is 0 Å². The first kappa shape index (κ1) is 63.1. The molecule has 1 nitrogen and oxygen atoms in total. The van der Waals surface area contributed by atoms with Crippen molar-refractivity contribution in [3.8, 4) is 0 Å². The molecular weight excluding hydrogens is 969 g/mol. The summed E-state index contributed by atoms with van der Waals surface area (Å²) in [7, 11) is -8.59. The van der Waals surface area contributed by atoms with Gasteiger partial charge in [0.1, 0.15) is 0 Å². The fraction of sp³-hybridized carbons (Fsp3) is 0.631. The third-order valence-corrected chi connectivity index (χ3v) is 46.7. The van der Waals surface area contributed by atoms with E-state index in [0.717, 1.165) is 0 Å². The van der Waals surface area contributed by atoms with E-state index in [4.69, 9.17) is 0 Å². The summed E-state index contributed by atoms with van der Waals surface area (Å²) in [5.41, 5.74) is 0. The van der Waals surface area contributed by atoms with Crippen LogP contribution in [0.15, 0.2) is 97.1 Å². The molecule has 0 bridgehead atoms. The molecule has 0 saturated carbocycles. The Morgan fingerprint density at radius 2 is 0.542 bits per heavy atom. The molecule has 0 spiro atoms. The number of hydrogen-bond donors (Lipinski definition) is 0. The second-order valence-corrected chi connectivity index (χ2v) is 46.3. The highest BCUT2D eigenvalue weighted by atomic mass is 31.2. The summed E-state index contributed by atoms with van der Waals surface area (Å²) in [6, 6.07) is 60.0. The first-order valence-electron chi connectivity index (χ1n) is 30.6. The predicted molar refractivity (Wildman–Crippen MR) is 347 cm³/mol. The van der Waals surface area contributed by atoms with Crippen LogP contribution in [0.3, 0.4) is 0 Å². The van der Waals surface area contributed by atoms with Crippen molar-refractivity contribution in [2.24, 2.45) is 5.92 Å². The molecule has 0 aromatic heterocycles. The van der Waals surface area contributed by atoms with Crippen LogP contribution in [0.5, 0.6) is 0 Å². The quantitative estimate of drug-likeness (QED) is 0.0324. The summed E-state index contributed by atoms with van der Waals surface area (Å²) in [4.78, 5) is 0. The second kappa shape index (κ2) is 31.7. The van der Waals surface area contributed by atoms with Crippen molar-refractivity contribution in [1.82, 2.24) is 4.44 Å². The summed E-state index contributed by atoms with van der Waals surface area (Å²) < 4.78 is 3.21. The molecule has 7 heteroatoms. The molecule has 0 aliphatic carbocycles. The van der Waals surface area contributed by atoms with Crippen molar-refractivity contribution in [3.05, 3.63) is 97.1 Å². The molecule has 0 radical (unpaired) electrons. The highest BCUT2D eigenvalue weighted by Gasteiger charge is 2.41. The van der Waals surface area contributed by atoms with Gasteiger partial charge in [-0.15, -0.1) is 0 Å². The largest absolute Gasteiger partial charge is 0.242 e. The van der Waals surface area contributed by atoms with Gasteiger partial charge >= 0.3 is 0 Å². The minimum Gasteiger partial charge on any atom is -0.242 e. The highest BCUT2D eigenvalue weighted by molar-refractivity contribution is 7.84. The summed E-state index contributed by atoms with van der Waals surface area (Å²) in [6.45, 7) is 37.1. The van der Waals surface area contributed by atoms with E-state index in [9.17, 15) is 0 Å². The predicted octanol–water partition coefficient (Wildman–Crippen LogP) is 18.0. The maximum atomic E-state index is 3.21. The van der Waals surface area contributed by atoms with Gasteiger partial charge in [0.25, 0.3) is 0 Å². The maximum absolute atomic E-state index is 3.21. The van der Waals surface area contributed by atoms with E-state index in [0.29, 0.717) is 12.0 Å². The Balaban J connectivity index is 2.24. The van der Waals surface area contributed by atoms with Gasteiger partial charge in [0.05, 0.1) is 32.3 Å². The lowest BCUT2D eigenvalue weighted by molar-refractivity contribution is 0.407. The second-order valence-electron chi connectivity index (χ2n) is 23.2. The molecule has 0 N–H and O–H groups in total. The van der Waals surface area contributed by atoms with Crippen LogP contribution in [0, 0.1) is 5.92 Å². The van der Waals surface area contributed by atoms with Gasteiger partial charge in [-0.05, 0) is 34.1 Å². The third-order valence-electron chi connectivity index (χ3n) is 17.3. The van der Waals surface area contributed by atoms with E-state index < -0.39 is 48.4 Å². The van der Waals surface area contributed by atoms with Crippen LogP contribution in [0.2, 0.25) is 72.5 Å². The Bertz CT molecular complexity index is 1900. The third kappa shape index (κ3) is 15.4. The monoisotopic (exact) mass is 1080 g/mol. The molecule has 0 heterocycles. The minimum absolute atomic E-state index is 0.365. The average Bonchev–Trinajstić information content (AvgIpc) is 3.37. The van der Waals surface area contributed by atoms with Crippen molar-refractivity contribution in [1.29, 1.82) is 0 Å². The van der Waals surface area contributed by atoms with Gasteiger partial charge in [-0.3, -0.25) is 0 Å². The Morgan fingerprint density at radius 1 is 0.306 bits per heavy atom. The fourth-order valence-corrected chi connectivity index (χ4v) is 42.7. The lowest BCUT2D eigenvalue weighted by atomic mass is 10.1. The van der Waals surface area contributed by atoms with Gasteiger partial charge < -0.3 is 0 Å². The molecule has 0 aliphatic rings. The van der Waals surface area contributed by atoms with Crippen molar-refractivity contribution in [3.63, 3.8) is 0 Å². The molecule has 0 fully saturated rings. The summed E-state index contributed by atoms with van der Waals surface area (Å²) in [6.07, 6.45) is 15.5. The standard InChI is InChI=1S/C65H111NP2Si4/c1-16-42-69(43-17-2,44-18-3)62-38-34-58(35-39-62)67(59-36-40-63(41-37-59)70(45-19-4,46-20-5)47-21-6)66(57(15)56(13)14)68(60-30-28-32-64(54-60)71(48-22-7,49-23-8)50-24-9)61-31-29-33-65(55-61)72(51-25-10,52-26-11)53-27-12/h28-41,54-57H,16-27,42-53H2,1-15H3. The zero-order chi connectivity index (χ0) is 52.8. The molecule has 402 valence electrons. The molecule has 1 unspecified atom stereocenters. The smallest absolute Gasteiger partial charge is 0.0867 e. The van der Waals surface area contributed by atoms with Crippen LogP contribution in [0.25, 0.3) is 0 Å². The molecular formula is C65H111NP2Si4. The van der Waals surface area contributed by atoms with Crippen molar-refractivity contribution in [2.75, 3.05) is 0 Å². The highest BCUT2D eigenvalue weighted by Crippen LogP contribution is 2.57. The molecule has 72 heavy (non-hydrogen) atoms. The van der Waals surface area contributed by atoms with Crippen molar-refractivity contribution in [2.45, 2.75) is 259 Å². The van der Waals surface area contributed by atoms with Gasteiger partial charge in [-0.2, -0.15) is 0 Å². The topological polar surface area (TPSA) is 3.24 Å². The molecule has 4 aromatic carbocycles. The number of nitrogens with zero attached hydrogens (tertiary/aromatic N) is 1. The van der Waals surface area contributed by atoms with Crippen molar-refractivity contribution < 1.29 is 0 Å². The lowest BCUT2D eigenvalue weighted by Gasteiger charge is -2.45. The first-order chi connectivity index (χ1) is 34.8. The molecule has 1 atom stereocenters. The van der Waals surface area contributed by atoms with E-state index >= 15 is 0 Å². The zero-order valence-corrected chi connectivity index (χ0v) is 55.5. The van der Waals surface area contributed by atoms with E-state index in [-0.39, 0.29) is 0 Å². The van der Waals surface area contributed by atoms with E-state index in [1.165, 1.54) is 150 Å². The van der Waals surface area contributed by atoms with E-state index in [2.05, 4.69) is 205 Å². The van der Waals surface area contributed by atoms with Crippen LogP contribution in [0.1, 0.15) is 181 Å². The van der Waals surface area contributed by atoms with Crippen LogP contribution < -0.4 is 42.0 Å². The fourth-order valence-electron chi connectivity index (χ4n) is 14.3. The van der Waals surface area contributed by atoms with Crippen LogP contribution in [-0.2, 0) is 0 Å². The SMILES string of the molecule is CCC[Si](CCC)(CCC)c1ccc(P(c2ccc([Si](CCC)(CCC)CCC)cc2)N(C(C)C(C)C)P(c2cccc([Si](CCC)(CCC)CCC)c2)c2cccc([Si](CCC)(CCC)CCC)c2)cc1. The number of hydrogen-bond acceptors (Lipinski definition) is 1. The molecule has 4 rings (SSSR count). The number of rotatable bonds is 36. The Labute approximate surface area is 454 Å². The average molecular weight is 1080 g/mol. The Kier molecular flexibility index (Phi) is 27.8. The van der Waals surface area contributed by atoms with Gasteiger partial charge in [0, 0.05) is 22.2 Å². The van der Waals surface area contributed by atoms with Crippen LogP contribution in [0.4, 0.5) is 0 Å². The maximum Gasteiger partial charge on any atom is 0.0867 e. The van der Waals surface area contributed by atoms with Crippen LogP contribution >= 0.6 is 16.1 Å². The van der Waals surface area contributed by atoms with Crippen molar-refractivity contribution >= 4 is 90.4 Å². The Hall–Kier alpha value is -1.43. The lowest BCUT2D eigenvalue weighted by Crippen LogP contribution is -2.49. The summed E-state index contributed by atoms with van der Waals surface area (Å²) in [5, 5.41) is 13.2. The normalized spacial score (nSPS) is 13.3. The first-order valence-corrected chi connectivity index (χ1v) is 43.7. The zero-order valence-electron chi connectivity index (χ0n) is 49.7. The molecule has 0 aliphatic heterocycles. The van der Waals surface area contributed by atoms with Crippen LogP contribution in [-0.4, -0.2) is 42.8 Å². The van der Waals surface area contributed by atoms with Gasteiger partial charge in [0.15, 0.2) is 0 Å². The van der Waals surface area contributed by atoms with Gasteiger partial charge in [-0.25, -0.2) is 4.44 Å². The minimum atomic E-state index is -1.74. The molecule has 0 saturated heterocycles. The molecule has 0 amide bonds. The van der Waals surface area contributed by atoms with Gasteiger partial charge in [0.2, 0.25) is 0 Å². The van der Waals surface area contributed by atoms with Gasteiger partial charge in [-0.1, -0.05) is 364 Å². The summed E-state index contributed by atoms with van der Waals surface area (Å²) >= 11 is 0. The summed E-state index contributed by atoms with van der Waals surface area (Å²) in [5.74, 6) is 0.491. The number of benzene rings is 4.